The number of rotatable bonds is 0. The molecule has 0 aromatic carbocycles. The second-order valence-corrected chi connectivity index (χ2v) is 3.42. The first-order valence-electron chi connectivity index (χ1n) is 3.92. The average molecular weight is 195 g/mol. The van der Waals surface area contributed by atoms with Crippen LogP contribution in [0.15, 0.2) is 0 Å². The van der Waals surface area contributed by atoms with Crippen LogP contribution >= 0.6 is 0 Å². The van der Waals surface area contributed by atoms with Crippen LogP contribution in [-0.2, 0) is 9.53 Å². The Morgan fingerprint density at radius 1 is 1.38 bits per heavy atom. The van der Waals surface area contributed by atoms with Gasteiger partial charge in [0.25, 0.3) is 0 Å². The molecule has 2 fully saturated rings. The zero-order valence-corrected chi connectivity index (χ0v) is 6.73. The molecule has 0 bridgehead atoms. The fourth-order valence-corrected chi connectivity index (χ4v) is 1.65. The summed E-state index contributed by atoms with van der Waals surface area (Å²) in [5.41, 5.74) is -0.618. The van der Waals surface area contributed by atoms with Crippen molar-refractivity contribution in [1.29, 1.82) is 0 Å². The van der Waals surface area contributed by atoms with Gasteiger partial charge in [-0.1, -0.05) is 0 Å². The number of carbonyl (C=O) groups excluding carboxylic acids is 1. The summed E-state index contributed by atoms with van der Waals surface area (Å²) in [5, 5.41) is 0. The van der Waals surface area contributed by atoms with Crippen molar-refractivity contribution in [2.24, 2.45) is 0 Å². The van der Waals surface area contributed by atoms with Gasteiger partial charge < -0.3 is 9.64 Å². The summed E-state index contributed by atoms with van der Waals surface area (Å²) >= 11 is 0. The van der Waals surface area contributed by atoms with E-state index in [0.717, 1.165) is 4.90 Å². The lowest BCUT2D eigenvalue weighted by Crippen LogP contribution is -2.73. The third kappa shape index (κ3) is 1.12. The zero-order valence-electron chi connectivity index (χ0n) is 6.73. The van der Waals surface area contributed by atoms with E-state index in [9.17, 15) is 18.0 Å². The van der Waals surface area contributed by atoms with Gasteiger partial charge in [0.2, 0.25) is 0 Å². The van der Waals surface area contributed by atoms with Crippen LogP contribution < -0.4 is 0 Å². The quantitative estimate of drug-likeness (QED) is 0.565. The number of hydrogen-bond donors (Lipinski definition) is 0. The summed E-state index contributed by atoms with van der Waals surface area (Å²) in [6, 6.07) is 0. The van der Waals surface area contributed by atoms with E-state index < -0.39 is 17.6 Å². The molecule has 74 valence electrons. The average Bonchev–Trinajstić information content (AvgIpc) is 1.78. The van der Waals surface area contributed by atoms with Crippen LogP contribution in [0.5, 0.6) is 0 Å². The first-order chi connectivity index (χ1) is 5.96. The zero-order chi connectivity index (χ0) is 9.69. The highest BCUT2D eigenvalue weighted by molar-refractivity contribution is 5.83. The molecule has 0 aromatic heterocycles. The molecule has 1 amide bonds. The number of alkyl halides is 3. The van der Waals surface area contributed by atoms with Crippen LogP contribution in [0.4, 0.5) is 13.2 Å². The highest BCUT2D eigenvalue weighted by atomic mass is 19.4. The molecule has 0 aliphatic carbocycles. The maximum Gasteiger partial charge on any atom is 0.471 e. The second-order valence-electron chi connectivity index (χ2n) is 3.42. The molecular weight excluding hydrogens is 187 g/mol. The van der Waals surface area contributed by atoms with Crippen molar-refractivity contribution in [3.05, 3.63) is 0 Å². The van der Waals surface area contributed by atoms with Crippen LogP contribution in [-0.4, -0.2) is 42.3 Å². The summed E-state index contributed by atoms with van der Waals surface area (Å²) in [4.78, 5) is 11.7. The maximum atomic E-state index is 12.0. The van der Waals surface area contributed by atoms with E-state index in [4.69, 9.17) is 4.74 Å². The van der Waals surface area contributed by atoms with Gasteiger partial charge in [-0.25, -0.2) is 0 Å². The summed E-state index contributed by atoms with van der Waals surface area (Å²) < 4.78 is 40.8. The smallest absolute Gasteiger partial charge is 0.376 e. The van der Waals surface area contributed by atoms with Crippen LogP contribution in [0.2, 0.25) is 0 Å². The van der Waals surface area contributed by atoms with Crippen molar-refractivity contribution < 1.29 is 22.7 Å². The van der Waals surface area contributed by atoms with Crippen molar-refractivity contribution in [3.63, 3.8) is 0 Å². The molecule has 3 nitrogen and oxygen atoms in total. The SMILES string of the molecule is O=C(N1CCC12COC2)C(F)(F)F. The minimum absolute atomic E-state index is 0.196. The van der Waals surface area contributed by atoms with Crippen molar-refractivity contribution in [2.45, 2.75) is 18.1 Å². The molecule has 2 saturated heterocycles. The highest BCUT2D eigenvalue weighted by Gasteiger charge is 2.58. The van der Waals surface area contributed by atoms with E-state index in [1.165, 1.54) is 0 Å². The first kappa shape index (κ1) is 8.80. The topological polar surface area (TPSA) is 29.5 Å². The lowest BCUT2D eigenvalue weighted by atomic mass is 9.82. The second kappa shape index (κ2) is 2.37. The first-order valence-corrected chi connectivity index (χ1v) is 3.92. The third-order valence-electron chi connectivity index (χ3n) is 2.60. The number of carbonyl (C=O) groups is 1. The van der Waals surface area contributed by atoms with Gasteiger partial charge in [-0.15, -0.1) is 0 Å². The Labute approximate surface area is 72.4 Å². The third-order valence-corrected chi connectivity index (χ3v) is 2.60. The number of hydrogen-bond acceptors (Lipinski definition) is 2. The van der Waals surface area contributed by atoms with Gasteiger partial charge >= 0.3 is 12.1 Å². The normalized spacial score (nSPS) is 25.3. The molecule has 0 unspecified atom stereocenters. The van der Waals surface area contributed by atoms with E-state index in [1.807, 2.05) is 0 Å². The number of likely N-dealkylation sites (tertiary alicyclic amines) is 1. The molecule has 0 N–H and O–H groups in total. The van der Waals surface area contributed by atoms with E-state index in [2.05, 4.69) is 0 Å². The van der Waals surface area contributed by atoms with Gasteiger partial charge in [0.15, 0.2) is 0 Å². The molecule has 0 radical (unpaired) electrons. The summed E-state index contributed by atoms with van der Waals surface area (Å²) in [6.07, 6.45) is -4.13. The van der Waals surface area contributed by atoms with Gasteiger partial charge in [-0.2, -0.15) is 13.2 Å². The Morgan fingerprint density at radius 3 is 2.23 bits per heavy atom. The number of nitrogens with zero attached hydrogens (tertiary/aromatic N) is 1. The summed E-state index contributed by atoms with van der Waals surface area (Å²) in [5.74, 6) is -1.73. The predicted molar refractivity (Wildman–Crippen MR) is 35.9 cm³/mol. The molecule has 0 saturated carbocycles. The van der Waals surface area contributed by atoms with Gasteiger partial charge in [0.05, 0.1) is 18.8 Å². The van der Waals surface area contributed by atoms with E-state index in [-0.39, 0.29) is 19.8 Å². The largest absolute Gasteiger partial charge is 0.471 e. The van der Waals surface area contributed by atoms with Gasteiger partial charge in [-0.05, 0) is 6.42 Å². The molecule has 2 aliphatic heterocycles. The molecule has 1 spiro atoms. The lowest BCUT2D eigenvalue weighted by Gasteiger charge is -2.57. The Morgan fingerprint density at radius 2 is 2.00 bits per heavy atom. The van der Waals surface area contributed by atoms with Gasteiger partial charge in [-0.3, -0.25) is 4.79 Å². The van der Waals surface area contributed by atoms with E-state index in [0.29, 0.717) is 6.42 Å². The number of amides is 1. The van der Waals surface area contributed by atoms with Crippen molar-refractivity contribution >= 4 is 5.91 Å². The Hall–Kier alpha value is -0.780. The van der Waals surface area contributed by atoms with Crippen LogP contribution in [0.25, 0.3) is 0 Å². The van der Waals surface area contributed by atoms with E-state index in [1.54, 1.807) is 0 Å². The predicted octanol–water partition coefficient (Wildman–Crippen LogP) is 0.550. The van der Waals surface area contributed by atoms with Crippen molar-refractivity contribution in [2.75, 3.05) is 19.8 Å². The molecule has 0 aromatic rings. The molecule has 6 heteroatoms. The molecule has 13 heavy (non-hydrogen) atoms. The molecule has 0 atom stereocenters. The lowest BCUT2D eigenvalue weighted by molar-refractivity contribution is -0.231. The summed E-state index contributed by atoms with van der Waals surface area (Å²) in [7, 11) is 0. The monoisotopic (exact) mass is 195 g/mol. The minimum atomic E-state index is -4.75. The van der Waals surface area contributed by atoms with Crippen LogP contribution in [0, 0.1) is 0 Å². The molecule has 2 rings (SSSR count). The minimum Gasteiger partial charge on any atom is -0.376 e. The Kier molecular flexibility index (Phi) is 1.61. The standard InChI is InChI=1S/C7H8F3NO2/c8-7(9,10)5(12)11-2-1-6(11)3-13-4-6/h1-4H2. The fourth-order valence-electron chi connectivity index (χ4n) is 1.65. The van der Waals surface area contributed by atoms with Crippen molar-refractivity contribution in [1.82, 2.24) is 4.90 Å². The highest BCUT2D eigenvalue weighted by Crippen LogP contribution is 2.39. The number of halogens is 3. The maximum absolute atomic E-state index is 12.0. The Balaban J connectivity index is 2.06. The van der Waals surface area contributed by atoms with Crippen LogP contribution in [0.3, 0.4) is 0 Å². The van der Waals surface area contributed by atoms with Gasteiger partial charge in [0, 0.05) is 6.54 Å². The fraction of sp³-hybridized carbons (Fsp3) is 0.857. The Bertz CT molecular complexity index is 241. The molecular formula is C7H8F3NO2. The number of ether oxygens (including phenoxy) is 1. The van der Waals surface area contributed by atoms with E-state index >= 15 is 0 Å². The molecule has 2 heterocycles. The molecule has 2 aliphatic rings. The summed E-state index contributed by atoms with van der Waals surface area (Å²) in [6.45, 7) is 0.686. The van der Waals surface area contributed by atoms with Crippen molar-refractivity contribution in [3.8, 4) is 0 Å². The van der Waals surface area contributed by atoms with Crippen LogP contribution in [0.1, 0.15) is 6.42 Å². The van der Waals surface area contributed by atoms with Gasteiger partial charge in [0.1, 0.15) is 0 Å².